The fraction of sp³-hybridized carbons (Fsp3) is 0.410. The van der Waals surface area contributed by atoms with E-state index in [1.54, 1.807) is 11.3 Å². The topological polar surface area (TPSA) is 32.0 Å². The van der Waals surface area contributed by atoms with E-state index in [0.29, 0.717) is 20.1 Å². The normalized spacial score (nSPS) is 19.8. The number of allylic oxidation sites excluding steroid dienone is 7. The average Bonchev–Trinajstić information content (AvgIpc) is 3.72. The summed E-state index contributed by atoms with van der Waals surface area (Å²) in [6.45, 7) is 17.3. The van der Waals surface area contributed by atoms with E-state index < -0.39 is 0 Å². The molecule has 0 unspecified atom stereocenters. The highest BCUT2D eigenvalue weighted by molar-refractivity contribution is 8.02. The molecule has 3 heterocycles. The molecular formula is C39H43Cl4N4S2+. The molecule has 0 fully saturated rings. The van der Waals surface area contributed by atoms with Gasteiger partial charge in [-0.2, -0.15) is 4.58 Å². The Kier molecular flexibility index (Phi) is 10.9. The van der Waals surface area contributed by atoms with Crippen molar-refractivity contribution >= 4 is 86.6 Å². The van der Waals surface area contributed by atoms with Crippen LogP contribution in [-0.2, 0) is 16.6 Å². The lowest BCUT2D eigenvalue weighted by molar-refractivity contribution is -0.437. The van der Waals surface area contributed by atoms with Gasteiger partial charge < -0.3 is 4.90 Å². The minimum Gasteiger partial charge on any atom is -0.343 e. The maximum absolute atomic E-state index is 6.84. The number of nitrogens with zero attached hydrogens (tertiary/aromatic N) is 4. The summed E-state index contributed by atoms with van der Waals surface area (Å²) < 4.78 is 2.39. The fourth-order valence-electron chi connectivity index (χ4n) is 7.43. The van der Waals surface area contributed by atoms with Crippen LogP contribution in [0.4, 0.5) is 11.4 Å². The maximum Gasteiger partial charge on any atom is 0.228 e. The molecule has 0 radical (unpaired) electrons. The van der Waals surface area contributed by atoms with Crippen LogP contribution in [0.25, 0.3) is 0 Å². The van der Waals surface area contributed by atoms with Crippen LogP contribution in [0.3, 0.4) is 0 Å². The lowest BCUT2D eigenvalue weighted by Crippen LogP contribution is -2.27. The van der Waals surface area contributed by atoms with Crippen LogP contribution >= 0.6 is 69.5 Å². The second kappa shape index (κ2) is 14.5. The molecule has 0 spiro atoms. The fourth-order valence-corrected chi connectivity index (χ4v) is 10.6. The Morgan fingerprint density at radius 1 is 0.878 bits per heavy atom. The third-order valence-electron chi connectivity index (χ3n) is 9.74. The summed E-state index contributed by atoms with van der Waals surface area (Å²) in [4.78, 5) is 3.70. The van der Waals surface area contributed by atoms with Crippen molar-refractivity contribution in [1.82, 2.24) is 10.2 Å². The standard InChI is InChI=1S/C39H43Cl4N4S2/c1-8-16-46-32(38(4,5)28-18-26(40)20-30(42)35(28)46)14-12-24-10-11-25(37(24)48-22-34-45-44-23(3)49-34)13-15-33-39(6,7)29-19-27(41)21-31(43)36(29)47(33)17-9-2/h12-15,18-21H,8-11,16-17,22H2,1-7H3/q+1. The first-order valence-corrected chi connectivity index (χ1v) is 20.3. The quantitative estimate of drug-likeness (QED) is 0.192. The molecule has 0 saturated carbocycles. The summed E-state index contributed by atoms with van der Waals surface area (Å²) >= 11 is 30.2. The number of hydrogen-bond acceptors (Lipinski definition) is 5. The van der Waals surface area contributed by atoms with Crippen molar-refractivity contribution < 1.29 is 4.58 Å². The number of rotatable bonds is 10. The van der Waals surface area contributed by atoms with Crippen molar-refractivity contribution in [3.8, 4) is 0 Å². The highest BCUT2D eigenvalue weighted by Gasteiger charge is 2.46. The molecule has 4 nitrogen and oxygen atoms in total. The van der Waals surface area contributed by atoms with Gasteiger partial charge in [0.15, 0.2) is 5.71 Å². The minimum atomic E-state index is -0.245. The zero-order valence-corrected chi connectivity index (χ0v) is 33.8. The summed E-state index contributed by atoms with van der Waals surface area (Å²) in [7, 11) is 0. The van der Waals surface area contributed by atoms with Gasteiger partial charge in [0.1, 0.15) is 21.6 Å². The second-order valence-electron chi connectivity index (χ2n) is 13.9. The van der Waals surface area contributed by atoms with E-state index in [1.165, 1.54) is 38.6 Å². The third kappa shape index (κ3) is 6.95. The predicted molar refractivity (Wildman–Crippen MR) is 214 cm³/mol. The Morgan fingerprint density at radius 3 is 2.27 bits per heavy atom. The van der Waals surface area contributed by atoms with Crippen LogP contribution in [0.5, 0.6) is 0 Å². The molecule has 2 aliphatic heterocycles. The van der Waals surface area contributed by atoms with E-state index in [2.05, 4.69) is 97.7 Å². The van der Waals surface area contributed by atoms with Crippen LogP contribution in [0.2, 0.25) is 20.1 Å². The van der Waals surface area contributed by atoms with Crippen molar-refractivity contribution in [3.05, 3.63) is 112 Å². The molecule has 10 heteroatoms. The molecule has 0 saturated heterocycles. The van der Waals surface area contributed by atoms with E-state index in [4.69, 9.17) is 46.4 Å². The van der Waals surface area contributed by atoms with Crippen molar-refractivity contribution in [1.29, 1.82) is 0 Å². The minimum absolute atomic E-state index is 0.245. The number of hydrogen-bond donors (Lipinski definition) is 0. The van der Waals surface area contributed by atoms with Gasteiger partial charge >= 0.3 is 0 Å². The van der Waals surface area contributed by atoms with Crippen molar-refractivity contribution in [2.45, 2.75) is 90.7 Å². The molecule has 1 aliphatic carbocycles. The number of halogens is 4. The average molecular weight is 774 g/mol. The number of benzene rings is 2. The largest absolute Gasteiger partial charge is 0.343 e. The molecule has 258 valence electrons. The Morgan fingerprint density at radius 2 is 1.59 bits per heavy atom. The first kappa shape index (κ1) is 36.7. The maximum atomic E-state index is 6.84. The van der Waals surface area contributed by atoms with Gasteiger partial charge in [-0.1, -0.05) is 86.3 Å². The molecule has 49 heavy (non-hydrogen) atoms. The molecule has 1 aromatic heterocycles. The number of aromatic nitrogens is 2. The Hall–Kier alpha value is -2.06. The smallest absolute Gasteiger partial charge is 0.228 e. The molecule has 0 N–H and O–H groups in total. The molecule has 3 aliphatic rings. The first-order valence-electron chi connectivity index (χ1n) is 16.9. The van der Waals surface area contributed by atoms with Gasteiger partial charge in [-0.25, -0.2) is 0 Å². The molecule has 3 aromatic rings. The highest BCUT2D eigenvalue weighted by atomic mass is 35.5. The van der Waals surface area contributed by atoms with Crippen LogP contribution in [0, 0.1) is 6.92 Å². The van der Waals surface area contributed by atoms with Crippen molar-refractivity contribution in [2.24, 2.45) is 0 Å². The van der Waals surface area contributed by atoms with Crippen molar-refractivity contribution in [3.63, 3.8) is 0 Å². The number of fused-ring (bicyclic) bond motifs is 2. The zero-order chi connectivity index (χ0) is 35.2. The number of aryl methyl sites for hydroxylation is 1. The van der Waals surface area contributed by atoms with Crippen LogP contribution < -0.4 is 4.90 Å². The monoisotopic (exact) mass is 771 g/mol. The van der Waals surface area contributed by atoms with Crippen LogP contribution in [0.1, 0.15) is 88.4 Å². The summed E-state index contributed by atoms with van der Waals surface area (Å²) in [5.41, 5.74) is 9.15. The van der Waals surface area contributed by atoms with Gasteiger partial charge in [0.25, 0.3) is 0 Å². The van der Waals surface area contributed by atoms with Gasteiger partial charge in [0.05, 0.1) is 21.9 Å². The highest BCUT2D eigenvalue weighted by Crippen LogP contribution is 2.52. The van der Waals surface area contributed by atoms with Crippen LogP contribution in [-0.4, -0.2) is 33.6 Å². The molecule has 2 aromatic carbocycles. The van der Waals surface area contributed by atoms with E-state index >= 15 is 0 Å². The van der Waals surface area contributed by atoms with Gasteiger partial charge in [-0.3, -0.25) is 0 Å². The molecular weight excluding hydrogens is 730 g/mol. The second-order valence-corrected chi connectivity index (χ2v) is 17.9. The first-order chi connectivity index (χ1) is 23.3. The van der Waals surface area contributed by atoms with Gasteiger partial charge in [0.2, 0.25) is 5.69 Å². The van der Waals surface area contributed by atoms with E-state index in [0.717, 1.165) is 65.9 Å². The molecule has 6 rings (SSSR count). The lowest BCUT2D eigenvalue weighted by atomic mass is 9.81. The Balaban J connectivity index is 1.42. The summed E-state index contributed by atoms with van der Waals surface area (Å²) in [5, 5.41) is 13.5. The SMILES string of the molecule is CCCN1/C(=C/C=C2\CCC(/C=C/C3=[N+](CCC)c4c(Cl)cc(Cl)cc4C3(C)C)=C2SCc2nnc(C)s2)C(C)(C)c2cc(Cl)cc(Cl)c21. The van der Waals surface area contributed by atoms with Gasteiger partial charge in [-0.15, -0.1) is 33.3 Å². The summed E-state index contributed by atoms with van der Waals surface area (Å²) in [6.07, 6.45) is 13.2. The van der Waals surface area contributed by atoms with E-state index in [9.17, 15) is 0 Å². The molecule has 0 amide bonds. The van der Waals surface area contributed by atoms with Gasteiger partial charge in [0, 0.05) is 50.7 Å². The van der Waals surface area contributed by atoms with Crippen molar-refractivity contribution in [2.75, 3.05) is 18.0 Å². The predicted octanol–water partition coefficient (Wildman–Crippen LogP) is 12.8. The Bertz CT molecular complexity index is 1960. The van der Waals surface area contributed by atoms with E-state index in [1.807, 2.05) is 30.8 Å². The Labute approximate surface area is 319 Å². The lowest BCUT2D eigenvalue weighted by Gasteiger charge is -2.27. The number of anilines is 1. The molecule has 0 atom stereocenters. The third-order valence-corrected chi connectivity index (χ3v) is 13.0. The summed E-state index contributed by atoms with van der Waals surface area (Å²) in [5.74, 6) is 0.780. The summed E-state index contributed by atoms with van der Waals surface area (Å²) in [6, 6.07) is 7.87. The number of thioether (sulfide) groups is 1. The molecule has 0 bridgehead atoms. The van der Waals surface area contributed by atoms with Gasteiger partial charge in [-0.05, 0) is 87.1 Å². The van der Waals surface area contributed by atoms with Crippen LogP contribution in [0.15, 0.2) is 70.3 Å². The zero-order valence-electron chi connectivity index (χ0n) is 29.2. The van der Waals surface area contributed by atoms with E-state index in [-0.39, 0.29) is 10.8 Å².